The predicted octanol–water partition coefficient (Wildman–Crippen LogP) is 2.36. The Morgan fingerprint density at radius 1 is 1.15 bits per heavy atom. The average Bonchev–Trinajstić information content (AvgIpc) is 2.49. The van der Waals surface area contributed by atoms with Gasteiger partial charge in [-0.2, -0.15) is 0 Å². The number of rotatable bonds is 6. The minimum Gasteiger partial charge on any atom is -0.351 e. The lowest BCUT2D eigenvalue weighted by molar-refractivity contribution is 0.0953. The molecule has 4 nitrogen and oxygen atoms in total. The quantitative estimate of drug-likeness (QED) is 0.798. The molecule has 0 bridgehead atoms. The standard InChI is InChI=1S/C15H16BrN3O/c16-14-5-3-12(4-6-14)10-18-8-9-19-15(20)13-2-1-7-17-11-13/h1-7,11,18H,8-10H2,(H,19,20). The Morgan fingerprint density at radius 3 is 2.65 bits per heavy atom. The molecule has 0 aliphatic heterocycles. The van der Waals surface area contributed by atoms with Crippen molar-refractivity contribution in [3.8, 4) is 0 Å². The van der Waals surface area contributed by atoms with Gasteiger partial charge in [-0.3, -0.25) is 9.78 Å². The molecule has 20 heavy (non-hydrogen) atoms. The fraction of sp³-hybridized carbons (Fsp3) is 0.200. The number of amides is 1. The first-order valence-electron chi connectivity index (χ1n) is 6.39. The highest BCUT2D eigenvalue weighted by Crippen LogP contribution is 2.09. The molecule has 5 heteroatoms. The van der Waals surface area contributed by atoms with Crippen LogP contribution in [0.4, 0.5) is 0 Å². The molecule has 104 valence electrons. The first-order valence-corrected chi connectivity index (χ1v) is 7.18. The van der Waals surface area contributed by atoms with Gasteiger partial charge in [-0.25, -0.2) is 0 Å². The van der Waals surface area contributed by atoms with Crippen LogP contribution in [0.15, 0.2) is 53.3 Å². The third-order valence-corrected chi connectivity index (χ3v) is 3.28. The van der Waals surface area contributed by atoms with E-state index in [1.54, 1.807) is 24.5 Å². The molecule has 0 unspecified atom stereocenters. The van der Waals surface area contributed by atoms with Crippen LogP contribution in [0.1, 0.15) is 15.9 Å². The molecule has 2 aromatic rings. The van der Waals surface area contributed by atoms with Gasteiger partial charge in [0.15, 0.2) is 0 Å². The Labute approximate surface area is 126 Å². The van der Waals surface area contributed by atoms with E-state index in [1.165, 1.54) is 5.56 Å². The molecule has 0 radical (unpaired) electrons. The zero-order valence-electron chi connectivity index (χ0n) is 11.0. The minimum atomic E-state index is -0.0939. The molecule has 0 saturated heterocycles. The number of halogens is 1. The molecule has 1 heterocycles. The van der Waals surface area contributed by atoms with Crippen molar-refractivity contribution >= 4 is 21.8 Å². The van der Waals surface area contributed by atoms with E-state index in [-0.39, 0.29) is 5.91 Å². The molecule has 2 N–H and O–H groups in total. The largest absolute Gasteiger partial charge is 0.351 e. The number of nitrogens with zero attached hydrogens (tertiary/aromatic N) is 1. The molecule has 0 atom stereocenters. The molecule has 1 aromatic carbocycles. The van der Waals surface area contributed by atoms with Gasteiger partial charge in [0.2, 0.25) is 0 Å². The Balaban J connectivity index is 1.64. The minimum absolute atomic E-state index is 0.0939. The van der Waals surface area contributed by atoms with Gasteiger partial charge >= 0.3 is 0 Å². The first kappa shape index (κ1) is 14.7. The molecule has 0 saturated carbocycles. The number of hydrogen-bond donors (Lipinski definition) is 2. The molecular weight excluding hydrogens is 318 g/mol. The summed E-state index contributed by atoms with van der Waals surface area (Å²) in [4.78, 5) is 15.6. The van der Waals surface area contributed by atoms with Crippen LogP contribution in [0.5, 0.6) is 0 Å². The lowest BCUT2D eigenvalue weighted by Gasteiger charge is -2.07. The van der Waals surface area contributed by atoms with Crippen molar-refractivity contribution in [1.82, 2.24) is 15.6 Å². The second kappa shape index (κ2) is 7.77. The van der Waals surface area contributed by atoms with Crippen LogP contribution in [0.3, 0.4) is 0 Å². The van der Waals surface area contributed by atoms with E-state index in [2.05, 4.69) is 43.7 Å². The number of hydrogen-bond acceptors (Lipinski definition) is 3. The zero-order chi connectivity index (χ0) is 14.2. The van der Waals surface area contributed by atoms with E-state index < -0.39 is 0 Å². The van der Waals surface area contributed by atoms with Crippen LogP contribution in [0, 0.1) is 0 Å². The van der Waals surface area contributed by atoms with Crippen molar-refractivity contribution in [2.45, 2.75) is 6.54 Å². The molecule has 0 fully saturated rings. The van der Waals surface area contributed by atoms with Gasteiger partial charge in [0.25, 0.3) is 5.91 Å². The topological polar surface area (TPSA) is 54.0 Å². The third-order valence-electron chi connectivity index (χ3n) is 2.75. The average molecular weight is 334 g/mol. The van der Waals surface area contributed by atoms with Gasteiger partial charge in [0.1, 0.15) is 0 Å². The highest BCUT2D eigenvalue weighted by molar-refractivity contribution is 9.10. The summed E-state index contributed by atoms with van der Waals surface area (Å²) in [7, 11) is 0. The van der Waals surface area contributed by atoms with Crippen LogP contribution < -0.4 is 10.6 Å². The summed E-state index contributed by atoms with van der Waals surface area (Å²) in [5.74, 6) is -0.0939. The normalized spacial score (nSPS) is 10.2. The van der Waals surface area contributed by atoms with Crippen molar-refractivity contribution in [2.24, 2.45) is 0 Å². The third kappa shape index (κ3) is 4.75. The Kier molecular flexibility index (Phi) is 5.70. The summed E-state index contributed by atoms with van der Waals surface area (Å²) in [6.45, 7) is 2.10. The van der Waals surface area contributed by atoms with Crippen LogP contribution in [-0.4, -0.2) is 24.0 Å². The molecule has 1 amide bonds. The molecule has 1 aromatic heterocycles. The fourth-order valence-corrected chi connectivity index (χ4v) is 1.96. The maximum absolute atomic E-state index is 11.7. The Morgan fingerprint density at radius 2 is 1.95 bits per heavy atom. The Bertz CT molecular complexity index is 543. The number of benzene rings is 1. The van der Waals surface area contributed by atoms with Gasteiger partial charge < -0.3 is 10.6 Å². The maximum atomic E-state index is 11.7. The van der Waals surface area contributed by atoms with E-state index in [0.29, 0.717) is 12.1 Å². The van der Waals surface area contributed by atoms with Gasteiger partial charge in [-0.15, -0.1) is 0 Å². The first-order chi connectivity index (χ1) is 9.75. The molecule has 0 spiro atoms. The zero-order valence-corrected chi connectivity index (χ0v) is 12.6. The summed E-state index contributed by atoms with van der Waals surface area (Å²) in [5.41, 5.74) is 1.80. The van der Waals surface area contributed by atoms with Gasteiger partial charge in [0, 0.05) is 36.5 Å². The monoisotopic (exact) mass is 333 g/mol. The summed E-state index contributed by atoms with van der Waals surface area (Å²) < 4.78 is 1.07. The summed E-state index contributed by atoms with van der Waals surface area (Å²) in [6, 6.07) is 11.7. The molecular formula is C15H16BrN3O. The van der Waals surface area contributed by atoms with Crippen molar-refractivity contribution in [2.75, 3.05) is 13.1 Å². The van der Waals surface area contributed by atoms with Crippen LogP contribution >= 0.6 is 15.9 Å². The maximum Gasteiger partial charge on any atom is 0.252 e. The van der Waals surface area contributed by atoms with E-state index in [0.717, 1.165) is 17.6 Å². The lowest BCUT2D eigenvalue weighted by Crippen LogP contribution is -2.31. The fourth-order valence-electron chi connectivity index (χ4n) is 1.70. The molecule has 0 aliphatic rings. The van der Waals surface area contributed by atoms with Crippen molar-refractivity contribution < 1.29 is 4.79 Å². The van der Waals surface area contributed by atoms with E-state index >= 15 is 0 Å². The molecule has 2 rings (SSSR count). The number of aromatic nitrogens is 1. The highest BCUT2D eigenvalue weighted by atomic mass is 79.9. The van der Waals surface area contributed by atoms with E-state index in [9.17, 15) is 4.79 Å². The van der Waals surface area contributed by atoms with Gasteiger partial charge in [-0.1, -0.05) is 28.1 Å². The van der Waals surface area contributed by atoms with Crippen LogP contribution in [-0.2, 0) is 6.54 Å². The van der Waals surface area contributed by atoms with E-state index in [1.807, 2.05) is 12.1 Å². The smallest absolute Gasteiger partial charge is 0.252 e. The molecule has 0 aliphatic carbocycles. The van der Waals surface area contributed by atoms with Crippen LogP contribution in [0.25, 0.3) is 0 Å². The SMILES string of the molecule is O=C(NCCNCc1ccc(Br)cc1)c1cccnc1. The second-order valence-corrected chi connectivity index (χ2v) is 5.22. The number of carbonyl (C=O) groups excluding carboxylic acids is 1. The van der Waals surface area contributed by atoms with Gasteiger partial charge in [-0.05, 0) is 29.8 Å². The van der Waals surface area contributed by atoms with Gasteiger partial charge in [0.05, 0.1) is 5.56 Å². The number of carbonyl (C=O) groups is 1. The highest BCUT2D eigenvalue weighted by Gasteiger charge is 2.03. The summed E-state index contributed by atoms with van der Waals surface area (Å²) >= 11 is 3.40. The number of pyridine rings is 1. The summed E-state index contributed by atoms with van der Waals surface area (Å²) in [6.07, 6.45) is 3.21. The van der Waals surface area contributed by atoms with Crippen molar-refractivity contribution in [3.63, 3.8) is 0 Å². The van der Waals surface area contributed by atoms with E-state index in [4.69, 9.17) is 0 Å². The van der Waals surface area contributed by atoms with Crippen molar-refractivity contribution in [1.29, 1.82) is 0 Å². The lowest BCUT2D eigenvalue weighted by atomic mass is 10.2. The predicted molar refractivity (Wildman–Crippen MR) is 82.4 cm³/mol. The Hall–Kier alpha value is -1.72. The second-order valence-electron chi connectivity index (χ2n) is 4.30. The number of nitrogens with one attached hydrogen (secondary N) is 2. The van der Waals surface area contributed by atoms with Crippen LogP contribution in [0.2, 0.25) is 0 Å². The summed E-state index contributed by atoms with van der Waals surface area (Å²) in [5, 5.41) is 6.13. The van der Waals surface area contributed by atoms with Crippen molar-refractivity contribution in [3.05, 3.63) is 64.4 Å².